The third-order valence-electron chi connectivity index (χ3n) is 3.93. The van der Waals surface area contributed by atoms with Gasteiger partial charge in [0, 0.05) is 24.1 Å². The van der Waals surface area contributed by atoms with Crippen molar-refractivity contribution in [2.24, 2.45) is 15.9 Å². The van der Waals surface area contributed by atoms with E-state index in [-0.39, 0.29) is 28.5 Å². The SMILES string of the molecule is NC(=N/N=C\c1ccccc1F)S[C@H]1CC(=O)N(c2cccc([N+](=O)[O-])c2)C1=O. The molecular weight excluding hydrogens is 401 g/mol. The maximum atomic E-state index is 13.5. The predicted molar refractivity (Wildman–Crippen MR) is 107 cm³/mol. The molecule has 11 heteroatoms. The normalized spacial score (nSPS) is 17.3. The number of anilines is 1. The number of carbonyl (C=O) groups excluding carboxylic acids is 2. The van der Waals surface area contributed by atoms with E-state index in [1.54, 1.807) is 6.07 Å². The highest BCUT2D eigenvalue weighted by Gasteiger charge is 2.41. The molecule has 0 radical (unpaired) electrons. The number of nitro benzene ring substituents is 1. The van der Waals surface area contributed by atoms with Gasteiger partial charge >= 0.3 is 0 Å². The van der Waals surface area contributed by atoms with Crippen molar-refractivity contribution >= 4 is 46.3 Å². The Morgan fingerprint density at radius 2 is 2.03 bits per heavy atom. The number of amides is 2. The number of thioether (sulfide) groups is 1. The van der Waals surface area contributed by atoms with Crippen LogP contribution in [0.4, 0.5) is 15.8 Å². The van der Waals surface area contributed by atoms with Crippen LogP contribution in [-0.4, -0.2) is 33.4 Å². The summed E-state index contributed by atoms with van der Waals surface area (Å²) in [6, 6.07) is 11.2. The van der Waals surface area contributed by atoms with Gasteiger partial charge in [-0.25, -0.2) is 9.29 Å². The first-order valence-corrected chi connectivity index (χ1v) is 9.13. The Morgan fingerprint density at radius 3 is 2.76 bits per heavy atom. The highest BCUT2D eigenvalue weighted by atomic mass is 32.2. The Hall–Kier alpha value is -3.60. The molecular formula is C18H14FN5O4S. The van der Waals surface area contributed by atoms with E-state index in [4.69, 9.17) is 5.73 Å². The van der Waals surface area contributed by atoms with Crippen molar-refractivity contribution in [1.29, 1.82) is 0 Å². The van der Waals surface area contributed by atoms with E-state index in [1.165, 1.54) is 42.6 Å². The van der Waals surface area contributed by atoms with E-state index in [2.05, 4.69) is 10.2 Å². The van der Waals surface area contributed by atoms with Gasteiger partial charge in [-0.15, -0.1) is 5.10 Å². The van der Waals surface area contributed by atoms with E-state index in [0.29, 0.717) is 0 Å². The fourth-order valence-electron chi connectivity index (χ4n) is 2.61. The smallest absolute Gasteiger partial charge is 0.271 e. The van der Waals surface area contributed by atoms with Crippen LogP contribution in [0.2, 0.25) is 0 Å². The number of rotatable bonds is 5. The topological polar surface area (TPSA) is 131 Å². The molecule has 0 unspecified atom stereocenters. The van der Waals surface area contributed by atoms with Gasteiger partial charge in [-0.1, -0.05) is 36.0 Å². The van der Waals surface area contributed by atoms with Gasteiger partial charge in [-0.2, -0.15) is 5.10 Å². The molecule has 1 atom stereocenters. The number of amidine groups is 1. The Balaban J connectivity index is 1.70. The van der Waals surface area contributed by atoms with Crippen LogP contribution >= 0.6 is 11.8 Å². The second-order valence-electron chi connectivity index (χ2n) is 5.86. The number of nitrogens with zero attached hydrogens (tertiary/aromatic N) is 4. The molecule has 0 aliphatic carbocycles. The molecule has 2 amide bonds. The average molecular weight is 415 g/mol. The third-order valence-corrected chi connectivity index (χ3v) is 4.90. The number of carbonyl (C=O) groups is 2. The zero-order valence-corrected chi connectivity index (χ0v) is 15.6. The lowest BCUT2D eigenvalue weighted by molar-refractivity contribution is -0.384. The van der Waals surface area contributed by atoms with Gasteiger partial charge in [0.1, 0.15) is 11.1 Å². The summed E-state index contributed by atoms with van der Waals surface area (Å²) in [6.45, 7) is 0. The molecule has 148 valence electrons. The first kappa shape index (κ1) is 20.1. The van der Waals surface area contributed by atoms with Crippen molar-refractivity contribution in [3.05, 3.63) is 70.0 Å². The van der Waals surface area contributed by atoms with Crippen LogP contribution < -0.4 is 10.6 Å². The molecule has 1 fully saturated rings. The van der Waals surface area contributed by atoms with Crippen molar-refractivity contribution in [2.75, 3.05) is 4.90 Å². The molecule has 2 aromatic rings. The number of halogens is 1. The van der Waals surface area contributed by atoms with Crippen LogP contribution in [0.15, 0.2) is 58.7 Å². The lowest BCUT2D eigenvalue weighted by atomic mass is 10.2. The van der Waals surface area contributed by atoms with Gasteiger partial charge in [-0.3, -0.25) is 19.7 Å². The minimum absolute atomic E-state index is 0.0790. The van der Waals surface area contributed by atoms with E-state index >= 15 is 0 Å². The highest BCUT2D eigenvalue weighted by molar-refractivity contribution is 8.14. The molecule has 1 aliphatic heterocycles. The Labute approximate surface area is 168 Å². The summed E-state index contributed by atoms with van der Waals surface area (Å²) in [5.74, 6) is -1.53. The summed E-state index contributed by atoms with van der Waals surface area (Å²) in [5, 5.41) is 17.4. The van der Waals surface area contributed by atoms with Crippen LogP contribution in [0.25, 0.3) is 0 Å². The number of benzene rings is 2. The van der Waals surface area contributed by atoms with Crippen molar-refractivity contribution in [3.63, 3.8) is 0 Å². The van der Waals surface area contributed by atoms with E-state index in [1.807, 2.05) is 0 Å². The zero-order valence-electron chi connectivity index (χ0n) is 14.8. The molecule has 0 bridgehead atoms. The molecule has 1 heterocycles. The summed E-state index contributed by atoms with van der Waals surface area (Å²) >= 11 is 0.842. The third kappa shape index (κ3) is 4.63. The fraction of sp³-hybridized carbons (Fsp3) is 0.111. The van der Waals surface area contributed by atoms with Crippen LogP contribution in [0.5, 0.6) is 0 Å². The lowest BCUT2D eigenvalue weighted by Gasteiger charge is -2.14. The lowest BCUT2D eigenvalue weighted by Crippen LogP contribution is -2.31. The van der Waals surface area contributed by atoms with Crippen LogP contribution in [-0.2, 0) is 9.59 Å². The predicted octanol–water partition coefficient (Wildman–Crippen LogP) is 2.45. The Morgan fingerprint density at radius 1 is 1.28 bits per heavy atom. The summed E-state index contributed by atoms with van der Waals surface area (Å²) in [4.78, 5) is 36.0. The van der Waals surface area contributed by atoms with Crippen molar-refractivity contribution < 1.29 is 18.9 Å². The average Bonchev–Trinajstić information content (AvgIpc) is 2.96. The van der Waals surface area contributed by atoms with Gasteiger partial charge in [-0.05, 0) is 12.1 Å². The number of non-ortho nitro benzene ring substituents is 1. The molecule has 2 N–H and O–H groups in total. The van der Waals surface area contributed by atoms with E-state index in [9.17, 15) is 24.1 Å². The van der Waals surface area contributed by atoms with Crippen LogP contribution in [0, 0.1) is 15.9 Å². The van der Waals surface area contributed by atoms with Crippen molar-refractivity contribution in [2.45, 2.75) is 11.7 Å². The maximum absolute atomic E-state index is 13.5. The summed E-state index contributed by atoms with van der Waals surface area (Å²) in [6.07, 6.45) is 1.04. The second-order valence-corrected chi connectivity index (χ2v) is 7.08. The molecule has 0 saturated carbocycles. The second kappa shape index (κ2) is 8.61. The van der Waals surface area contributed by atoms with Crippen molar-refractivity contribution in [1.82, 2.24) is 0 Å². The minimum Gasteiger partial charge on any atom is -0.377 e. The molecule has 9 nitrogen and oxygen atoms in total. The number of nitro groups is 1. The van der Waals surface area contributed by atoms with Gasteiger partial charge in [0.2, 0.25) is 11.8 Å². The minimum atomic E-state index is -0.839. The molecule has 3 rings (SSSR count). The quantitative estimate of drug-likeness (QED) is 0.262. The standard InChI is InChI=1S/C18H14FN5O4S/c19-14-7-2-1-4-11(14)10-21-22-18(20)29-15-9-16(25)23(17(15)26)12-5-3-6-13(8-12)24(27)28/h1-8,10,15H,9H2,(H2,20,22)/b21-10-/t15-/m0/s1. The first-order chi connectivity index (χ1) is 13.9. The van der Waals surface area contributed by atoms with Crippen LogP contribution in [0.3, 0.4) is 0 Å². The molecule has 1 saturated heterocycles. The van der Waals surface area contributed by atoms with Gasteiger partial charge in [0.15, 0.2) is 5.17 Å². The number of hydrogen-bond acceptors (Lipinski definition) is 7. The Bertz CT molecular complexity index is 1040. The largest absolute Gasteiger partial charge is 0.377 e. The zero-order chi connectivity index (χ0) is 21.0. The molecule has 0 spiro atoms. The molecule has 0 aromatic heterocycles. The Kier molecular flexibility index (Phi) is 5.98. The number of hydrogen-bond donors (Lipinski definition) is 1. The maximum Gasteiger partial charge on any atom is 0.271 e. The van der Waals surface area contributed by atoms with Gasteiger partial charge < -0.3 is 5.73 Å². The fourth-order valence-corrected chi connectivity index (χ4v) is 3.43. The number of imide groups is 1. The monoisotopic (exact) mass is 415 g/mol. The van der Waals surface area contributed by atoms with Gasteiger partial charge in [0.05, 0.1) is 16.8 Å². The summed E-state index contributed by atoms with van der Waals surface area (Å²) < 4.78 is 13.5. The van der Waals surface area contributed by atoms with E-state index < -0.39 is 27.8 Å². The van der Waals surface area contributed by atoms with Crippen LogP contribution in [0.1, 0.15) is 12.0 Å². The summed E-state index contributed by atoms with van der Waals surface area (Å²) in [7, 11) is 0. The molecule has 1 aliphatic rings. The van der Waals surface area contributed by atoms with Gasteiger partial charge in [0.25, 0.3) is 5.69 Å². The first-order valence-electron chi connectivity index (χ1n) is 8.25. The summed E-state index contributed by atoms with van der Waals surface area (Å²) in [5.41, 5.74) is 5.85. The molecule has 29 heavy (non-hydrogen) atoms. The van der Waals surface area contributed by atoms with Crippen molar-refractivity contribution in [3.8, 4) is 0 Å². The molecule has 2 aromatic carbocycles. The number of nitrogens with two attached hydrogens (primary N) is 1. The van der Waals surface area contributed by atoms with E-state index in [0.717, 1.165) is 22.7 Å². The highest BCUT2D eigenvalue weighted by Crippen LogP contribution is 2.31.